The van der Waals surface area contributed by atoms with Crippen LogP contribution in [0.5, 0.6) is 0 Å². The summed E-state index contributed by atoms with van der Waals surface area (Å²) in [5.41, 5.74) is 2.62. The van der Waals surface area contributed by atoms with Gasteiger partial charge in [0.05, 0.1) is 11.6 Å². The van der Waals surface area contributed by atoms with Crippen LogP contribution in [0.25, 0.3) is 0 Å². The lowest BCUT2D eigenvalue weighted by Crippen LogP contribution is -2.24. The second-order valence-electron chi connectivity index (χ2n) is 7.04. The van der Waals surface area contributed by atoms with E-state index in [4.69, 9.17) is 0 Å². The standard InChI is InChI=1S/C21H25NO4S/c1-3-4-12-27(26)16-9-7-15(8-10-16)20(23)19-14(2)13-18-17(21(24)25)6-5-11-22(18)19/h7-10,13,17H,3-6,11-12H2,1-2H3,(H,24,25). The number of fused-ring (bicyclic) bond motifs is 1. The van der Waals surface area contributed by atoms with Crippen LogP contribution in [0.2, 0.25) is 0 Å². The van der Waals surface area contributed by atoms with Crippen LogP contribution >= 0.6 is 0 Å². The number of carbonyl (C=O) groups excluding carboxylic acids is 1. The average molecular weight is 388 g/mol. The molecule has 1 aliphatic rings. The van der Waals surface area contributed by atoms with Gasteiger partial charge in [0.2, 0.25) is 5.78 Å². The number of hydrogen-bond donors (Lipinski definition) is 1. The third-order valence-electron chi connectivity index (χ3n) is 5.13. The molecule has 0 aliphatic carbocycles. The fraction of sp³-hybridized carbons (Fsp3) is 0.429. The number of nitrogens with zero attached hydrogens (tertiary/aromatic N) is 1. The van der Waals surface area contributed by atoms with Crippen molar-refractivity contribution in [2.45, 2.75) is 56.9 Å². The number of aryl methyl sites for hydroxylation is 1. The molecule has 0 amide bonds. The Bertz CT molecular complexity index is 841. The summed E-state index contributed by atoms with van der Waals surface area (Å²) in [4.78, 5) is 25.3. The van der Waals surface area contributed by atoms with Crippen LogP contribution in [-0.2, 0) is 22.5 Å². The zero-order valence-corrected chi connectivity index (χ0v) is 16.6. The summed E-state index contributed by atoms with van der Waals surface area (Å²) < 4.78 is 14.1. The zero-order chi connectivity index (χ0) is 19.6. The van der Waals surface area contributed by atoms with Crippen LogP contribution < -0.4 is 0 Å². The SMILES string of the molecule is CCCC[S+]([O-])c1ccc(C(=O)c2c(C)cc3n2CCCC3C(=O)O)cc1. The van der Waals surface area contributed by atoms with Gasteiger partial charge in [-0.3, -0.25) is 9.59 Å². The molecule has 2 heterocycles. The maximum atomic E-state index is 13.1. The van der Waals surface area contributed by atoms with Crippen molar-refractivity contribution in [2.24, 2.45) is 0 Å². The minimum atomic E-state index is -1.04. The number of hydrogen-bond acceptors (Lipinski definition) is 3. The number of aliphatic carboxylic acids is 1. The van der Waals surface area contributed by atoms with Gasteiger partial charge in [0.1, 0.15) is 5.75 Å². The van der Waals surface area contributed by atoms with Gasteiger partial charge >= 0.3 is 5.97 Å². The van der Waals surface area contributed by atoms with E-state index in [1.165, 1.54) is 0 Å². The Morgan fingerprint density at radius 2 is 2.00 bits per heavy atom. The van der Waals surface area contributed by atoms with Crippen molar-refractivity contribution in [1.29, 1.82) is 0 Å². The molecule has 0 fully saturated rings. The number of ketones is 1. The summed E-state index contributed by atoms with van der Waals surface area (Å²) in [6, 6.07) is 8.79. The fourth-order valence-electron chi connectivity index (χ4n) is 3.68. The Morgan fingerprint density at radius 3 is 2.63 bits per heavy atom. The monoisotopic (exact) mass is 387 g/mol. The predicted octanol–water partition coefficient (Wildman–Crippen LogP) is 3.90. The van der Waals surface area contributed by atoms with E-state index in [1.807, 2.05) is 17.6 Å². The van der Waals surface area contributed by atoms with E-state index in [0.717, 1.165) is 29.7 Å². The molecule has 3 rings (SSSR count). The zero-order valence-electron chi connectivity index (χ0n) is 15.7. The smallest absolute Gasteiger partial charge is 0.312 e. The first-order chi connectivity index (χ1) is 12.9. The summed E-state index contributed by atoms with van der Waals surface area (Å²) in [6.45, 7) is 4.58. The average Bonchev–Trinajstić information content (AvgIpc) is 3.01. The van der Waals surface area contributed by atoms with E-state index >= 15 is 0 Å². The first-order valence-electron chi connectivity index (χ1n) is 9.40. The fourth-order valence-corrected chi connectivity index (χ4v) is 4.91. The van der Waals surface area contributed by atoms with Gasteiger partial charge in [0.25, 0.3) is 0 Å². The first-order valence-corrected chi connectivity index (χ1v) is 10.7. The molecule has 0 radical (unpaired) electrons. The largest absolute Gasteiger partial charge is 0.611 e. The molecule has 1 aromatic carbocycles. The maximum Gasteiger partial charge on any atom is 0.312 e. The summed E-state index contributed by atoms with van der Waals surface area (Å²) >= 11 is -1.04. The van der Waals surface area contributed by atoms with Crippen LogP contribution in [-0.4, -0.2) is 31.7 Å². The van der Waals surface area contributed by atoms with Crippen molar-refractivity contribution < 1.29 is 19.2 Å². The molecular formula is C21H25NO4S. The normalized spacial score (nSPS) is 17.4. The summed E-state index contributed by atoms with van der Waals surface area (Å²) in [6.07, 6.45) is 3.25. The van der Waals surface area contributed by atoms with Crippen LogP contribution in [0.3, 0.4) is 0 Å². The van der Waals surface area contributed by atoms with E-state index in [0.29, 0.717) is 35.7 Å². The van der Waals surface area contributed by atoms with Gasteiger partial charge in [0.15, 0.2) is 4.90 Å². The van der Waals surface area contributed by atoms with Crippen molar-refractivity contribution in [1.82, 2.24) is 4.57 Å². The Hall–Kier alpha value is -2.05. The Morgan fingerprint density at radius 1 is 1.30 bits per heavy atom. The third kappa shape index (κ3) is 3.96. The van der Waals surface area contributed by atoms with Gasteiger partial charge in [-0.1, -0.05) is 13.3 Å². The lowest BCUT2D eigenvalue weighted by molar-refractivity contribution is -0.139. The molecule has 0 spiro atoms. The molecule has 0 saturated heterocycles. The summed E-state index contributed by atoms with van der Waals surface area (Å²) in [7, 11) is 0. The van der Waals surface area contributed by atoms with Crippen LogP contribution in [0.4, 0.5) is 0 Å². The van der Waals surface area contributed by atoms with E-state index in [2.05, 4.69) is 6.92 Å². The molecule has 1 aromatic heterocycles. The lowest BCUT2D eigenvalue weighted by Gasteiger charge is -2.23. The third-order valence-corrected chi connectivity index (χ3v) is 6.58. The molecule has 0 saturated carbocycles. The number of carboxylic acid groups (broad SMARTS) is 1. The topological polar surface area (TPSA) is 82.4 Å². The van der Waals surface area contributed by atoms with E-state index in [-0.39, 0.29) is 5.78 Å². The number of unbranched alkanes of at least 4 members (excludes halogenated alkanes) is 1. The highest BCUT2D eigenvalue weighted by atomic mass is 32.2. The molecule has 0 bridgehead atoms. The van der Waals surface area contributed by atoms with E-state index in [1.54, 1.807) is 24.3 Å². The number of carbonyl (C=O) groups is 2. The van der Waals surface area contributed by atoms with Crippen molar-refractivity contribution in [2.75, 3.05) is 5.75 Å². The number of carboxylic acids is 1. The molecule has 144 valence electrons. The lowest BCUT2D eigenvalue weighted by atomic mass is 9.96. The highest BCUT2D eigenvalue weighted by Gasteiger charge is 2.31. The van der Waals surface area contributed by atoms with Gasteiger partial charge in [-0.15, -0.1) is 0 Å². The van der Waals surface area contributed by atoms with Gasteiger partial charge in [-0.2, -0.15) is 0 Å². The second-order valence-corrected chi connectivity index (χ2v) is 8.61. The molecular weight excluding hydrogens is 362 g/mol. The van der Waals surface area contributed by atoms with Gasteiger partial charge in [-0.25, -0.2) is 0 Å². The van der Waals surface area contributed by atoms with Crippen LogP contribution in [0.1, 0.15) is 65.8 Å². The molecule has 5 nitrogen and oxygen atoms in total. The Labute approximate surface area is 162 Å². The van der Waals surface area contributed by atoms with Crippen molar-refractivity contribution >= 4 is 22.9 Å². The highest BCUT2D eigenvalue weighted by Crippen LogP contribution is 2.32. The van der Waals surface area contributed by atoms with Crippen molar-refractivity contribution in [3.8, 4) is 0 Å². The molecule has 1 aliphatic heterocycles. The van der Waals surface area contributed by atoms with Crippen molar-refractivity contribution in [3.05, 3.63) is 52.8 Å². The van der Waals surface area contributed by atoms with E-state index < -0.39 is 23.1 Å². The van der Waals surface area contributed by atoms with Gasteiger partial charge in [0, 0.05) is 17.8 Å². The van der Waals surface area contributed by atoms with Crippen molar-refractivity contribution in [3.63, 3.8) is 0 Å². The molecule has 6 heteroatoms. The van der Waals surface area contributed by atoms with Gasteiger partial charge < -0.3 is 14.2 Å². The number of benzene rings is 1. The molecule has 2 unspecified atom stereocenters. The molecule has 2 aromatic rings. The second kappa shape index (κ2) is 8.31. The summed E-state index contributed by atoms with van der Waals surface area (Å²) in [5, 5.41) is 9.46. The number of aromatic nitrogens is 1. The minimum absolute atomic E-state index is 0.115. The highest BCUT2D eigenvalue weighted by molar-refractivity contribution is 7.91. The predicted molar refractivity (Wildman–Crippen MR) is 105 cm³/mol. The Kier molecular flexibility index (Phi) is 6.07. The van der Waals surface area contributed by atoms with Crippen LogP contribution in [0, 0.1) is 6.92 Å². The van der Waals surface area contributed by atoms with Crippen LogP contribution in [0.15, 0.2) is 35.2 Å². The first kappa shape index (κ1) is 19.7. The minimum Gasteiger partial charge on any atom is -0.611 e. The molecule has 1 N–H and O–H groups in total. The summed E-state index contributed by atoms with van der Waals surface area (Å²) in [5.74, 6) is -0.879. The van der Waals surface area contributed by atoms with E-state index in [9.17, 15) is 19.2 Å². The van der Waals surface area contributed by atoms with Gasteiger partial charge in [-0.05, 0) is 73.3 Å². The molecule has 27 heavy (non-hydrogen) atoms. The molecule has 2 atom stereocenters. The maximum absolute atomic E-state index is 13.1. The Balaban J connectivity index is 1.87. The quantitative estimate of drug-likeness (QED) is 0.577. The number of rotatable bonds is 7.